The fourth-order valence-electron chi connectivity index (χ4n) is 1.81. The first-order valence-electron chi connectivity index (χ1n) is 6.67. The van der Waals surface area contributed by atoms with Gasteiger partial charge in [0.05, 0.1) is 0 Å². The van der Waals surface area contributed by atoms with Crippen molar-refractivity contribution in [1.82, 2.24) is 15.5 Å². The molecule has 7 heteroatoms. The van der Waals surface area contributed by atoms with Crippen LogP contribution in [0.2, 0.25) is 0 Å². The zero-order valence-corrected chi connectivity index (χ0v) is 12.0. The fourth-order valence-corrected chi connectivity index (χ4v) is 1.81. The molecule has 0 spiro atoms. The molecule has 2 aromatic rings. The summed E-state index contributed by atoms with van der Waals surface area (Å²) in [6, 6.07) is 6.75. The molecule has 0 fully saturated rings. The predicted octanol–water partition coefficient (Wildman–Crippen LogP) is 1.94. The number of aliphatic hydroxyl groups excluding tert-OH is 1. The Kier molecular flexibility index (Phi) is 4.89. The second-order valence-corrected chi connectivity index (χ2v) is 4.73. The van der Waals surface area contributed by atoms with Crippen LogP contribution in [0.15, 0.2) is 28.8 Å². The van der Waals surface area contributed by atoms with Crippen molar-refractivity contribution in [2.24, 2.45) is 0 Å². The van der Waals surface area contributed by atoms with E-state index in [1.807, 2.05) is 13.0 Å². The molecule has 1 aromatic carbocycles. The van der Waals surface area contributed by atoms with E-state index >= 15 is 0 Å². The van der Waals surface area contributed by atoms with Crippen LogP contribution in [0.4, 0.5) is 10.5 Å². The highest BCUT2D eigenvalue weighted by atomic mass is 16.5. The Morgan fingerprint density at radius 3 is 2.95 bits per heavy atom. The number of aromatic nitrogens is 2. The van der Waals surface area contributed by atoms with Crippen molar-refractivity contribution >= 4 is 11.7 Å². The number of urea groups is 1. The number of hydrogen-bond donors (Lipinski definition) is 3. The molecule has 2 amide bonds. The molecular formula is C14H18N4O3. The summed E-state index contributed by atoms with van der Waals surface area (Å²) in [5, 5.41) is 18.1. The summed E-state index contributed by atoms with van der Waals surface area (Å²) >= 11 is 0. The van der Waals surface area contributed by atoms with Gasteiger partial charge in [-0.2, -0.15) is 4.98 Å². The Hall–Kier alpha value is -2.41. The fraction of sp³-hybridized carbons (Fsp3) is 0.357. The minimum absolute atomic E-state index is 0.0358. The van der Waals surface area contributed by atoms with Gasteiger partial charge in [-0.3, -0.25) is 0 Å². The Balaban J connectivity index is 2.03. The summed E-state index contributed by atoms with van der Waals surface area (Å²) in [5.74, 6) is 0.962. The van der Waals surface area contributed by atoms with E-state index in [0.29, 0.717) is 23.8 Å². The quantitative estimate of drug-likeness (QED) is 0.781. The highest BCUT2D eigenvalue weighted by Crippen LogP contribution is 2.19. The SMILES string of the molecule is Cc1nc(-c2cccc(NC(=O)N[C@H](C)CCO)c2)no1. The maximum absolute atomic E-state index is 11.8. The normalized spacial score (nSPS) is 12.0. The second-order valence-electron chi connectivity index (χ2n) is 4.73. The molecule has 3 N–H and O–H groups in total. The van der Waals surface area contributed by atoms with Crippen LogP contribution in [0, 0.1) is 6.92 Å². The van der Waals surface area contributed by atoms with Crippen LogP contribution in [0.3, 0.4) is 0 Å². The van der Waals surface area contributed by atoms with Crippen LogP contribution < -0.4 is 10.6 Å². The molecule has 0 radical (unpaired) electrons. The van der Waals surface area contributed by atoms with Gasteiger partial charge in [-0.05, 0) is 25.5 Å². The summed E-state index contributed by atoms with van der Waals surface area (Å²) in [5.41, 5.74) is 1.39. The molecule has 1 heterocycles. The summed E-state index contributed by atoms with van der Waals surface area (Å²) < 4.78 is 4.93. The smallest absolute Gasteiger partial charge is 0.319 e. The van der Waals surface area contributed by atoms with Crippen molar-refractivity contribution in [3.63, 3.8) is 0 Å². The van der Waals surface area contributed by atoms with E-state index in [0.717, 1.165) is 5.56 Å². The molecule has 0 aliphatic heterocycles. The van der Waals surface area contributed by atoms with Crippen LogP contribution in [-0.4, -0.2) is 33.9 Å². The number of amides is 2. The average Bonchev–Trinajstić information content (AvgIpc) is 2.86. The second kappa shape index (κ2) is 6.85. The molecule has 7 nitrogen and oxygen atoms in total. The molecule has 1 aromatic heterocycles. The van der Waals surface area contributed by atoms with Gasteiger partial charge in [0.1, 0.15) is 0 Å². The maximum atomic E-state index is 11.8. The number of carbonyl (C=O) groups excluding carboxylic acids is 1. The van der Waals surface area contributed by atoms with E-state index in [1.54, 1.807) is 25.1 Å². The molecular weight excluding hydrogens is 272 g/mol. The van der Waals surface area contributed by atoms with Crippen LogP contribution in [0.1, 0.15) is 19.2 Å². The van der Waals surface area contributed by atoms with E-state index in [9.17, 15) is 4.79 Å². The number of nitrogens with zero attached hydrogens (tertiary/aromatic N) is 2. The Morgan fingerprint density at radius 1 is 1.48 bits per heavy atom. The topological polar surface area (TPSA) is 100 Å². The summed E-state index contributed by atoms with van der Waals surface area (Å²) in [7, 11) is 0. The largest absolute Gasteiger partial charge is 0.396 e. The lowest BCUT2D eigenvalue weighted by molar-refractivity contribution is 0.241. The van der Waals surface area contributed by atoms with E-state index in [2.05, 4.69) is 20.8 Å². The molecule has 2 rings (SSSR count). The molecule has 0 saturated heterocycles. The molecule has 0 unspecified atom stereocenters. The Morgan fingerprint density at radius 2 is 2.29 bits per heavy atom. The molecule has 0 saturated carbocycles. The standard InChI is InChI=1S/C14H18N4O3/c1-9(6-7-19)15-14(20)17-12-5-3-4-11(8-12)13-16-10(2)21-18-13/h3-5,8-9,19H,6-7H2,1-2H3,(H2,15,17,20)/t9-/m1/s1. The van der Waals surface area contributed by atoms with Gasteiger partial charge < -0.3 is 20.3 Å². The number of aryl methyl sites for hydroxylation is 1. The van der Waals surface area contributed by atoms with Crippen LogP contribution >= 0.6 is 0 Å². The van der Waals surface area contributed by atoms with E-state index < -0.39 is 0 Å². The monoisotopic (exact) mass is 290 g/mol. The van der Waals surface area contributed by atoms with Gasteiger partial charge >= 0.3 is 6.03 Å². The van der Waals surface area contributed by atoms with Gasteiger partial charge in [0.15, 0.2) is 0 Å². The lowest BCUT2D eigenvalue weighted by Gasteiger charge is -2.13. The predicted molar refractivity (Wildman–Crippen MR) is 77.8 cm³/mol. The summed E-state index contributed by atoms with van der Waals surface area (Å²) in [6.45, 7) is 3.58. The molecule has 1 atom stereocenters. The van der Waals surface area contributed by atoms with Crippen LogP contribution in [0.25, 0.3) is 11.4 Å². The highest BCUT2D eigenvalue weighted by Gasteiger charge is 2.09. The van der Waals surface area contributed by atoms with Crippen molar-refractivity contribution in [3.8, 4) is 11.4 Å². The van der Waals surface area contributed by atoms with E-state index in [-0.39, 0.29) is 18.7 Å². The number of nitrogens with one attached hydrogen (secondary N) is 2. The minimum Gasteiger partial charge on any atom is -0.396 e. The van der Waals surface area contributed by atoms with Crippen molar-refractivity contribution in [2.75, 3.05) is 11.9 Å². The first kappa shape index (κ1) is 15.0. The summed E-state index contributed by atoms with van der Waals surface area (Å²) in [6.07, 6.45) is 0.510. The maximum Gasteiger partial charge on any atom is 0.319 e. The first-order valence-corrected chi connectivity index (χ1v) is 6.67. The van der Waals surface area contributed by atoms with E-state index in [1.165, 1.54) is 0 Å². The Labute approximate surface area is 122 Å². The van der Waals surface area contributed by atoms with Crippen molar-refractivity contribution in [3.05, 3.63) is 30.2 Å². The molecule has 0 bridgehead atoms. The van der Waals surface area contributed by atoms with Gasteiger partial charge in [0.25, 0.3) is 0 Å². The van der Waals surface area contributed by atoms with Crippen molar-refractivity contribution < 1.29 is 14.4 Å². The van der Waals surface area contributed by atoms with Crippen molar-refractivity contribution in [1.29, 1.82) is 0 Å². The van der Waals surface area contributed by atoms with Gasteiger partial charge in [-0.25, -0.2) is 4.79 Å². The average molecular weight is 290 g/mol. The highest BCUT2D eigenvalue weighted by molar-refractivity contribution is 5.90. The third kappa shape index (κ3) is 4.28. The lowest BCUT2D eigenvalue weighted by Crippen LogP contribution is -2.36. The van der Waals surface area contributed by atoms with Gasteiger partial charge in [-0.15, -0.1) is 0 Å². The number of rotatable bonds is 5. The molecule has 112 valence electrons. The number of aliphatic hydroxyl groups is 1. The third-order valence-corrected chi connectivity index (χ3v) is 2.85. The van der Waals surface area contributed by atoms with E-state index in [4.69, 9.17) is 9.63 Å². The van der Waals surface area contributed by atoms with Gasteiger partial charge in [0.2, 0.25) is 11.7 Å². The number of anilines is 1. The number of carbonyl (C=O) groups is 1. The van der Waals surface area contributed by atoms with Gasteiger partial charge in [-0.1, -0.05) is 17.3 Å². The van der Waals surface area contributed by atoms with Gasteiger partial charge in [0, 0.05) is 30.8 Å². The Bertz CT molecular complexity index is 612. The zero-order valence-electron chi connectivity index (χ0n) is 12.0. The summed E-state index contributed by atoms with van der Waals surface area (Å²) in [4.78, 5) is 15.9. The molecule has 0 aliphatic carbocycles. The third-order valence-electron chi connectivity index (χ3n) is 2.85. The van der Waals surface area contributed by atoms with Crippen LogP contribution in [0.5, 0.6) is 0 Å². The molecule has 21 heavy (non-hydrogen) atoms. The molecule has 0 aliphatic rings. The van der Waals surface area contributed by atoms with Crippen LogP contribution in [-0.2, 0) is 0 Å². The number of benzene rings is 1. The zero-order chi connectivity index (χ0) is 15.2. The lowest BCUT2D eigenvalue weighted by atomic mass is 10.2. The first-order chi connectivity index (χ1) is 10.1. The minimum atomic E-state index is -0.322. The number of hydrogen-bond acceptors (Lipinski definition) is 5. The van der Waals surface area contributed by atoms with Crippen molar-refractivity contribution in [2.45, 2.75) is 26.3 Å².